The van der Waals surface area contributed by atoms with Crippen LogP contribution in [0, 0.1) is 5.82 Å². The van der Waals surface area contributed by atoms with Crippen molar-refractivity contribution in [3.8, 4) is 33.0 Å². The molecule has 0 N–H and O–H groups in total. The molecule has 8 aromatic rings. The van der Waals surface area contributed by atoms with Gasteiger partial charge in [0.15, 0.2) is 0 Å². The molecule has 8 rings (SSSR count). The SMILES string of the molecule is CN(CCCl)S(=O)(=O)c1ccc(-c2ncnc3ccc(-c4cn(C(c5ccccc5)(c5ccccc5)c5ccccc5)nc4-c4ccc(F)cc4)cc23)s1. The Bertz CT molecular complexity index is 2570. The first-order valence-electron chi connectivity index (χ1n) is 17.2. The van der Waals surface area contributed by atoms with Crippen LogP contribution in [-0.2, 0) is 15.6 Å². The van der Waals surface area contributed by atoms with Crippen LogP contribution < -0.4 is 0 Å². The Morgan fingerprint density at radius 1 is 0.741 bits per heavy atom. The highest BCUT2D eigenvalue weighted by atomic mass is 35.5. The maximum Gasteiger partial charge on any atom is 0.252 e. The fourth-order valence-electron chi connectivity index (χ4n) is 6.91. The van der Waals surface area contributed by atoms with Crippen molar-refractivity contribution >= 4 is 43.9 Å². The molecule has 0 fully saturated rings. The molecular formula is C43H33ClFN5O2S2. The fourth-order valence-corrected chi connectivity index (χ4v) is 9.97. The number of alkyl halides is 1. The van der Waals surface area contributed by atoms with Crippen LogP contribution >= 0.6 is 22.9 Å². The molecule has 0 aliphatic rings. The zero-order valence-electron chi connectivity index (χ0n) is 29.1. The number of fused-ring (bicyclic) bond motifs is 1. The maximum atomic E-state index is 14.3. The van der Waals surface area contributed by atoms with Gasteiger partial charge >= 0.3 is 0 Å². The van der Waals surface area contributed by atoms with Crippen LogP contribution in [-0.4, -0.2) is 51.9 Å². The first-order valence-corrected chi connectivity index (χ1v) is 20.0. The van der Waals surface area contributed by atoms with Crippen molar-refractivity contribution < 1.29 is 12.8 Å². The maximum absolute atomic E-state index is 14.3. The number of hydrogen-bond acceptors (Lipinski definition) is 6. The average Bonchev–Trinajstić information content (AvgIpc) is 3.89. The van der Waals surface area contributed by atoms with Crippen LogP contribution in [0.15, 0.2) is 162 Å². The summed E-state index contributed by atoms with van der Waals surface area (Å²) in [6.45, 7) is 0.196. The van der Waals surface area contributed by atoms with Crippen LogP contribution in [0.5, 0.6) is 0 Å². The molecule has 0 aliphatic heterocycles. The summed E-state index contributed by atoms with van der Waals surface area (Å²) in [5.41, 5.74) is 6.49. The Kier molecular flexibility index (Phi) is 9.68. The van der Waals surface area contributed by atoms with Crippen molar-refractivity contribution in [1.82, 2.24) is 24.1 Å². The van der Waals surface area contributed by atoms with Gasteiger partial charge in [0.05, 0.1) is 16.1 Å². The summed E-state index contributed by atoms with van der Waals surface area (Å²) in [6.07, 6.45) is 3.54. The lowest BCUT2D eigenvalue weighted by Crippen LogP contribution is -2.38. The molecule has 54 heavy (non-hydrogen) atoms. The van der Waals surface area contributed by atoms with Gasteiger partial charge in [0, 0.05) is 42.2 Å². The minimum atomic E-state index is -3.73. The molecule has 0 atom stereocenters. The van der Waals surface area contributed by atoms with E-state index in [4.69, 9.17) is 16.7 Å². The zero-order chi connectivity index (χ0) is 37.3. The van der Waals surface area contributed by atoms with Crippen LogP contribution in [0.2, 0.25) is 0 Å². The molecule has 0 amide bonds. The third kappa shape index (κ3) is 6.31. The Morgan fingerprint density at radius 2 is 1.33 bits per heavy atom. The van der Waals surface area contributed by atoms with Crippen LogP contribution in [0.4, 0.5) is 4.39 Å². The zero-order valence-corrected chi connectivity index (χ0v) is 31.4. The first-order chi connectivity index (χ1) is 26.3. The highest BCUT2D eigenvalue weighted by Gasteiger charge is 2.40. The van der Waals surface area contributed by atoms with E-state index in [1.54, 1.807) is 24.3 Å². The number of benzene rings is 5. The number of thiophene rings is 1. The number of hydrogen-bond donors (Lipinski definition) is 0. The van der Waals surface area contributed by atoms with Crippen molar-refractivity contribution in [3.05, 3.63) is 181 Å². The minimum absolute atomic E-state index is 0.187. The van der Waals surface area contributed by atoms with Gasteiger partial charge in [-0.25, -0.2) is 22.8 Å². The Balaban J connectivity index is 1.37. The summed E-state index contributed by atoms with van der Waals surface area (Å²) in [5, 5.41) is 6.14. The van der Waals surface area contributed by atoms with Crippen LogP contribution in [0.3, 0.4) is 0 Å². The monoisotopic (exact) mass is 769 g/mol. The van der Waals surface area contributed by atoms with Gasteiger partial charge < -0.3 is 0 Å². The quantitative estimate of drug-likeness (QED) is 0.0967. The molecule has 0 spiro atoms. The van der Waals surface area contributed by atoms with Gasteiger partial charge in [0.2, 0.25) is 0 Å². The molecule has 7 nitrogen and oxygen atoms in total. The van der Waals surface area contributed by atoms with Crippen molar-refractivity contribution in [2.75, 3.05) is 19.5 Å². The van der Waals surface area contributed by atoms with Crippen molar-refractivity contribution in [2.45, 2.75) is 9.75 Å². The van der Waals surface area contributed by atoms with Gasteiger partial charge in [-0.15, -0.1) is 22.9 Å². The molecule has 0 aliphatic carbocycles. The lowest BCUT2D eigenvalue weighted by Gasteiger charge is -2.36. The van der Waals surface area contributed by atoms with E-state index in [1.165, 1.54) is 29.8 Å². The van der Waals surface area contributed by atoms with Crippen LogP contribution in [0.25, 0.3) is 43.9 Å². The highest BCUT2D eigenvalue weighted by Crippen LogP contribution is 2.44. The number of nitrogens with zero attached hydrogens (tertiary/aromatic N) is 5. The van der Waals surface area contributed by atoms with Gasteiger partial charge in [-0.1, -0.05) is 97.1 Å². The fraction of sp³-hybridized carbons (Fsp3) is 0.0930. The normalized spacial score (nSPS) is 12.1. The van der Waals surface area contributed by atoms with E-state index < -0.39 is 15.6 Å². The molecule has 0 saturated heterocycles. The third-order valence-electron chi connectivity index (χ3n) is 9.58. The standard InChI is InChI=1S/C43H33ClFN5O2S2/c1-49(26-25-44)54(51,52)40-24-23-39(53-40)42-36-27-31(19-22-38(36)46-29-47-42)37-28-50(48-41(37)30-17-20-35(45)21-18-30)43(32-11-5-2-6-12-32,33-13-7-3-8-14-33)34-15-9-4-10-16-34/h2-24,27-29H,25-26H2,1H3. The number of sulfonamides is 1. The minimum Gasteiger partial charge on any atom is -0.252 e. The van der Waals surface area contributed by atoms with Crippen LogP contribution in [0.1, 0.15) is 16.7 Å². The summed E-state index contributed by atoms with van der Waals surface area (Å²) in [5.74, 6) is -0.155. The molecule has 0 unspecified atom stereocenters. The summed E-state index contributed by atoms with van der Waals surface area (Å²) < 4.78 is 44.3. The molecule has 268 valence electrons. The Hall–Kier alpha value is -5.52. The van der Waals surface area contributed by atoms with E-state index >= 15 is 0 Å². The first kappa shape index (κ1) is 35.5. The molecule has 3 heterocycles. The van der Waals surface area contributed by atoms with Crippen molar-refractivity contribution in [3.63, 3.8) is 0 Å². The van der Waals surface area contributed by atoms with Crippen molar-refractivity contribution in [1.29, 1.82) is 0 Å². The predicted molar refractivity (Wildman–Crippen MR) is 215 cm³/mol. The van der Waals surface area contributed by atoms with E-state index in [-0.39, 0.29) is 22.5 Å². The summed E-state index contributed by atoms with van der Waals surface area (Å²) >= 11 is 7.01. The largest absolute Gasteiger partial charge is 0.252 e. The van der Waals surface area contributed by atoms with E-state index in [2.05, 4.69) is 52.6 Å². The second kappa shape index (κ2) is 14.7. The molecule has 0 radical (unpaired) electrons. The molecule has 0 saturated carbocycles. The second-order valence-corrected chi connectivity index (χ2v) is 16.5. The van der Waals surface area contributed by atoms with E-state index in [1.807, 2.05) is 77.5 Å². The summed E-state index contributed by atoms with van der Waals surface area (Å²) in [6, 6.07) is 46.5. The van der Waals surface area contributed by atoms with Gasteiger partial charge in [0.25, 0.3) is 10.0 Å². The number of halogens is 2. The molecule has 5 aromatic carbocycles. The Labute approximate surface area is 322 Å². The Morgan fingerprint density at radius 3 is 1.93 bits per heavy atom. The van der Waals surface area contributed by atoms with Gasteiger partial charge in [-0.2, -0.15) is 9.40 Å². The third-order valence-corrected chi connectivity index (χ3v) is 13.2. The molecular weight excluding hydrogens is 737 g/mol. The predicted octanol–water partition coefficient (Wildman–Crippen LogP) is 9.73. The summed E-state index contributed by atoms with van der Waals surface area (Å²) in [7, 11) is -2.21. The van der Waals surface area contributed by atoms with E-state index in [9.17, 15) is 12.8 Å². The summed E-state index contributed by atoms with van der Waals surface area (Å²) in [4.78, 5) is 9.89. The second-order valence-electron chi connectivity index (χ2n) is 12.7. The molecule has 3 aromatic heterocycles. The molecule has 11 heteroatoms. The highest BCUT2D eigenvalue weighted by molar-refractivity contribution is 7.91. The van der Waals surface area contributed by atoms with Gasteiger partial charge in [-0.3, -0.25) is 4.68 Å². The van der Waals surface area contributed by atoms with Gasteiger partial charge in [-0.05, 0) is 70.8 Å². The van der Waals surface area contributed by atoms with E-state index in [0.717, 1.165) is 50.1 Å². The lowest BCUT2D eigenvalue weighted by molar-refractivity contribution is 0.461. The van der Waals surface area contributed by atoms with E-state index in [0.29, 0.717) is 21.8 Å². The number of aromatic nitrogens is 4. The average molecular weight is 770 g/mol. The number of rotatable bonds is 11. The van der Waals surface area contributed by atoms with Crippen molar-refractivity contribution in [2.24, 2.45) is 0 Å². The lowest BCUT2D eigenvalue weighted by atomic mass is 9.77. The topological polar surface area (TPSA) is 81.0 Å². The smallest absolute Gasteiger partial charge is 0.252 e. The molecule has 0 bridgehead atoms. The van der Waals surface area contributed by atoms with Gasteiger partial charge in [0.1, 0.15) is 27.6 Å².